The van der Waals surface area contributed by atoms with Crippen molar-refractivity contribution in [1.82, 2.24) is 5.32 Å². The highest BCUT2D eigenvalue weighted by Gasteiger charge is 2.30. The molecule has 104 valence electrons. The van der Waals surface area contributed by atoms with Crippen molar-refractivity contribution in [3.05, 3.63) is 47.3 Å². The Bertz CT molecular complexity index is 526. The van der Waals surface area contributed by atoms with Gasteiger partial charge in [0.1, 0.15) is 23.0 Å². The normalized spacial score (nSPS) is 12.0. The molecule has 0 saturated carbocycles. The SMILES string of the molecule is CCNCc1ccc(C(C)(C)c2ccc(CN)o2)o1. The van der Waals surface area contributed by atoms with E-state index in [1.54, 1.807) is 0 Å². The minimum Gasteiger partial charge on any atom is -0.464 e. The molecule has 0 aliphatic heterocycles. The van der Waals surface area contributed by atoms with Gasteiger partial charge in [-0.05, 0) is 44.7 Å². The van der Waals surface area contributed by atoms with Crippen LogP contribution >= 0.6 is 0 Å². The van der Waals surface area contributed by atoms with Crippen LogP contribution in [0.1, 0.15) is 43.8 Å². The van der Waals surface area contributed by atoms with E-state index in [0.29, 0.717) is 6.54 Å². The van der Waals surface area contributed by atoms with Gasteiger partial charge in [-0.15, -0.1) is 0 Å². The maximum atomic E-state index is 5.89. The van der Waals surface area contributed by atoms with Gasteiger partial charge in [0.25, 0.3) is 0 Å². The number of nitrogens with two attached hydrogens (primary N) is 1. The third-order valence-electron chi connectivity index (χ3n) is 3.31. The lowest BCUT2D eigenvalue weighted by molar-refractivity contribution is 0.339. The third kappa shape index (κ3) is 2.91. The molecule has 19 heavy (non-hydrogen) atoms. The van der Waals surface area contributed by atoms with Crippen molar-refractivity contribution in [2.75, 3.05) is 6.54 Å². The second kappa shape index (κ2) is 5.63. The van der Waals surface area contributed by atoms with Gasteiger partial charge in [-0.1, -0.05) is 6.92 Å². The summed E-state index contributed by atoms with van der Waals surface area (Å²) in [6.45, 7) is 8.34. The van der Waals surface area contributed by atoms with Crippen LogP contribution in [0.3, 0.4) is 0 Å². The van der Waals surface area contributed by atoms with E-state index in [2.05, 4.69) is 26.1 Å². The van der Waals surface area contributed by atoms with Crippen LogP contribution in [-0.4, -0.2) is 6.54 Å². The average molecular weight is 262 g/mol. The molecule has 0 spiro atoms. The summed E-state index contributed by atoms with van der Waals surface area (Å²) in [5.74, 6) is 3.51. The summed E-state index contributed by atoms with van der Waals surface area (Å²) in [7, 11) is 0. The van der Waals surface area contributed by atoms with Crippen LogP contribution in [0, 0.1) is 0 Å². The number of rotatable bonds is 6. The first-order chi connectivity index (χ1) is 9.07. The van der Waals surface area contributed by atoms with Gasteiger partial charge in [0.05, 0.1) is 18.5 Å². The van der Waals surface area contributed by atoms with Crippen molar-refractivity contribution < 1.29 is 8.83 Å². The second-order valence-electron chi connectivity index (χ2n) is 5.14. The fourth-order valence-electron chi connectivity index (χ4n) is 2.00. The Morgan fingerprint density at radius 1 is 1.05 bits per heavy atom. The van der Waals surface area contributed by atoms with Crippen LogP contribution in [0.25, 0.3) is 0 Å². The Kier molecular flexibility index (Phi) is 4.12. The zero-order valence-corrected chi connectivity index (χ0v) is 11.8. The Labute approximate surface area is 114 Å². The van der Waals surface area contributed by atoms with E-state index in [0.717, 1.165) is 36.1 Å². The highest BCUT2D eigenvalue weighted by molar-refractivity contribution is 5.27. The monoisotopic (exact) mass is 262 g/mol. The third-order valence-corrected chi connectivity index (χ3v) is 3.31. The molecule has 0 atom stereocenters. The van der Waals surface area contributed by atoms with Gasteiger partial charge in [-0.2, -0.15) is 0 Å². The second-order valence-corrected chi connectivity index (χ2v) is 5.14. The highest BCUT2D eigenvalue weighted by atomic mass is 16.4. The Balaban J connectivity index is 2.20. The van der Waals surface area contributed by atoms with Gasteiger partial charge in [0, 0.05) is 0 Å². The lowest BCUT2D eigenvalue weighted by Gasteiger charge is -2.19. The summed E-state index contributed by atoms with van der Waals surface area (Å²) >= 11 is 0. The van der Waals surface area contributed by atoms with E-state index >= 15 is 0 Å². The molecule has 2 aromatic rings. The Morgan fingerprint density at radius 3 is 2.16 bits per heavy atom. The molecule has 0 fully saturated rings. The summed E-state index contributed by atoms with van der Waals surface area (Å²) in [5.41, 5.74) is 5.28. The van der Waals surface area contributed by atoms with Crippen molar-refractivity contribution >= 4 is 0 Å². The van der Waals surface area contributed by atoms with Gasteiger partial charge in [0.15, 0.2) is 0 Å². The summed E-state index contributed by atoms with van der Waals surface area (Å²) < 4.78 is 11.6. The van der Waals surface area contributed by atoms with Gasteiger partial charge < -0.3 is 19.9 Å². The van der Waals surface area contributed by atoms with E-state index in [-0.39, 0.29) is 5.41 Å². The topological polar surface area (TPSA) is 64.3 Å². The molecule has 0 aromatic carbocycles. The first-order valence-electron chi connectivity index (χ1n) is 6.67. The molecular weight excluding hydrogens is 240 g/mol. The molecule has 2 aromatic heterocycles. The summed E-state index contributed by atoms with van der Waals surface area (Å²) in [4.78, 5) is 0. The zero-order valence-electron chi connectivity index (χ0n) is 11.8. The molecule has 0 amide bonds. The summed E-state index contributed by atoms with van der Waals surface area (Å²) in [6, 6.07) is 7.90. The number of hydrogen-bond acceptors (Lipinski definition) is 4. The molecule has 2 rings (SSSR count). The lowest BCUT2D eigenvalue weighted by atomic mass is 9.87. The fraction of sp³-hybridized carbons (Fsp3) is 0.467. The average Bonchev–Trinajstić information content (AvgIpc) is 3.05. The van der Waals surface area contributed by atoms with E-state index in [1.807, 2.05) is 24.3 Å². The zero-order chi connectivity index (χ0) is 13.9. The predicted molar refractivity (Wildman–Crippen MR) is 74.8 cm³/mol. The van der Waals surface area contributed by atoms with E-state index in [4.69, 9.17) is 14.6 Å². The van der Waals surface area contributed by atoms with Gasteiger partial charge in [0.2, 0.25) is 0 Å². The van der Waals surface area contributed by atoms with Crippen molar-refractivity contribution in [1.29, 1.82) is 0 Å². The van der Waals surface area contributed by atoms with Gasteiger partial charge in [-0.25, -0.2) is 0 Å². The van der Waals surface area contributed by atoms with Crippen molar-refractivity contribution in [2.45, 2.75) is 39.3 Å². The number of nitrogens with one attached hydrogen (secondary N) is 1. The van der Waals surface area contributed by atoms with E-state index in [1.165, 1.54) is 0 Å². The number of furan rings is 2. The van der Waals surface area contributed by atoms with Crippen LogP contribution in [0.15, 0.2) is 33.1 Å². The van der Waals surface area contributed by atoms with Crippen LogP contribution in [0.4, 0.5) is 0 Å². The molecule has 0 unspecified atom stereocenters. The van der Waals surface area contributed by atoms with Crippen LogP contribution in [0.5, 0.6) is 0 Å². The van der Waals surface area contributed by atoms with Crippen molar-refractivity contribution in [3.63, 3.8) is 0 Å². The largest absolute Gasteiger partial charge is 0.464 e. The van der Waals surface area contributed by atoms with Crippen LogP contribution < -0.4 is 11.1 Å². The number of hydrogen-bond donors (Lipinski definition) is 2. The smallest absolute Gasteiger partial charge is 0.118 e. The highest BCUT2D eigenvalue weighted by Crippen LogP contribution is 2.33. The molecule has 3 N–H and O–H groups in total. The molecule has 0 aliphatic carbocycles. The fourth-order valence-corrected chi connectivity index (χ4v) is 2.00. The molecular formula is C15H22N2O2. The minimum absolute atomic E-state index is 0.294. The Hall–Kier alpha value is -1.52. The van der Waals surface area contributed by atoms with Crippen molar-refractivity contribution in [3.8, 4) is 0 Å². The first-order valence-corrected chi connectivity index (χ1v) is 6.67. The molecule has 4 nitrogen and oxygen atoms in total. The van der Waals surface area contributed by atoms with Crippen molar-refractivity contribution in [2.24, 2.45) is 5.73 Å². The van der Waals surface area contributed by atoms with Gasteiger partial charge >= 0.3 is 0 Å². The molecule has 0 saturated heterocycles. The molecule has 0 bridgehead atoms. The van der Waals surface area contributed by atoms with Gasteiger partial charge in [-0.3, -0.25) is 0 Å². The quantitative estimate of drug-likeness (QED) is 0.840. The Morgan fingerprint density at radius 2 is 1.63 bits per heavy atom. The minimum atomic E-state index is -0.294. The van der Waals surface area contributed by atoms with E-state index in [9.17, 15) is 0 Å². The summed E-state index contributed by atoms with van der Waals surface area (Å²) in [5, 5.41) is 3.25. The van der Waals surface area contributed by atoms with Crippen LogP contribution in [0.2, 0.25) is 0 Å². The molecule has 0 radical (unpaired) electrons. The summed E-state index contributed by atoms with van der Waals surface area (Å²) in [6.07, 6.45) is 0. The van der Waals surface area contributed by atoms with E-state index < -0.39 is 0 Å². The molecule has 0 aliphatic rings. The maximum absolute atomic E-state index is 5.89. The molecule has 2 heterocycles. The molecule has 4 heteroatoms. The first kappa shape index (κ1) is 13.9. The van der Waals surface area contributed by atoms with Crippen LogP contribution in [-0.2, 0) is 18.5 Å². The maximum Gasteiger partial charge on any atom is 0.118 e. The standard InChI is InChI=1S/C15H22N2O2/c1-4-17-10-12-6-8-14(19-12)15(2,3)13-7-5-11(9-16)18-13/h5-8,17H,4,9-10,16H2,1-3H3. The lowest BCUT2D eigenvalue weighted by Crippen LogP contribution is -2.17. The predicted octanol–water partition coefficient (Wildman–Crippen LogP) is 2.77.